The standard InChI is InChI=1S/C23H27NO7/c1-2-29-20(25)9-6-14-30-19-12-10-17(11-13-19)15-23(24,21(26)27)22(28)31-16-18-7-4-3-5-8-18/h3-5,7-8,10-13H,2,6,9,14-16,24H2,1H3,(H,26,27). The van der Waals surface area contributed by atoms with Crippen LogP contribution in [0.4, 0.5) is 0 Å². The summed E-state index contributed by atoms with van der Waals surface area (Å²) in [5.74, 6) is -2.20. The molecular formula is C23H27NO7. The van der Waals surface area contributed by atoms with Gasteiger partial charge < -0.3 is 25.1 Å². The molecule has 1 unspecified atom stereocenters. The summed E-state index contributed by atoms with van der Waals surface area (Å²) in [6.07, 6.45) is 0.545. The molecular weight excluding hydrogens is 402 g/mol. The zero-order chi connectivity index (χ0) is 22.7. The van der Waals surface area contributed by atoms with Gasteiger partial charge in [-0.3, -0.25) is 4.79 Å². The third-order valence-corrected chi connectivity index (χ3v) is 4.46. The van der Waals surface area contributed by atoms with Gasteiger partial charge in [-0.15, -0.1) is 0 Å². The van der Waals surface area contributed by atoms with Gasteiger partial charge in [0.15, 0.2) is 0 Å². The largest absolute Gasteiger partial charge is 0.494 e. The second-order valence-corrected chi connectivity index (χ2v) is 6.92. The summed E-state index contributed by atoms with van der Waals surface area (Å²) in [5, 5.41) is 9.55. The summed E-state index contributed by atoms with van der Waals surface area (Å²) in [6, 6.07) is 15.5. The number of nitrogens with two attached hydrogens (primary N) is 1. The minimum atomic E-state index is -2.21. The summed E-state index contributed by atoms with van der Waals surface area (Å²) < 4.78 is 15.5. The average molecular weight is 429 g/mol. The number of carbonyl (C=O) groups is 3. The van der Waals surface area contributed by atoms with E-state index in [1.165, 1.54) is 0 Å². The van der Waals surface area contributed by atoms with Crippen LogP contribution in [0.25, 0.3) is 0 Å². The maximum atomic E-state index is 12.4. The lowest BCUT2D eigenvalue weighted by Crippen LogP contribution is -2.57. The summed E-state index contributed by atoms with van der Waals surface area (Å²) in [5.41, 5.74) is 4.98. The van der Waals surface area contributed by atoms with Crippen LogP contribution in [0.5, 0.6) is 5.75 Å². The molecule has 1 atom stereocenters. The van der Waals surface area contributed by atoms with Gasteiger partial charge in [0.2, 0.25) is 5.54 Å². The van der Waals surface area contributed by atoms with Crippen molar-refractivity contribution in [3.05, 3.63) is 65.7 Å². The number of hydrogen-bond donors (Lipinski definition) is 2. The number of esters is 2. The molecule has 0 aliphatic rings. The summed E-state index contributed by atoms with van der Waals surface area (Å²) in [7, 11) is 0. The van der Waals surface area contributed by atoms with Crippen molar-refractivity contribution in [2.75, 3.05) is 13.2 Å². The molecule has 0 fully saturated rings. The van der Waals surface area contributed by atoms with E-state index in [9.17, 15) is 19.5 Å². The van der Waals surface area contributed by atoms with Gasteiger partial charge in [-0.2, -0.15) is 0 Å². The van der Waals surface area contributed by atoms with Crippen molar-refractivity contribution < 1.29 is 33.7 Å². The van der Waals surface area contributed by atoms with E-state index in [0.717, 1.165) is 5.56 Å². The predicted octanol–water partition coefficient (Wildman–Crippen LogP) is 2.48. The van der Waals surface area contributed by atoms with Crippen molar-refractivity contribution in [1.29, 1.82) is 0 Å². The molecule has 8 heteroatoms. The van der Waals surface area contributed by atoms with E-state index in [1.54, 1.807) is 55.5 Å². The van der Waals surface area contributed by atoms with Crippen molar-refractivity contribution in [3.8, 4) is 5.75 Å². The Hall–Kier alpha value is -3.39. The van der Waals surface area contributed by atoms with Gasteiger partial charge in [0.25, 0.3) is 0 Å². The van der Waals surface area contributed by atoms with Gasteiger partial charge in [0.05, 0.1) is 13.2 Å². The van der Waals surface area contributed by atoms with Crippen LogP contribution in [-0.4, -0.2) is 41.8 Å². The number of carbonyl (C=O) groups excluding carboxylic acids is 2. The first-order valence-electron chi connectivity index (χ1n) is 9.96. The van der Waals surface area contributed by atoms with Crippen LogP contribution in [0, 0.1) is 0 Å². The van der Waals surface area contributed by atoms with Gasteiger partial charge in [0.1, 0.15) is 12.4 Å². The smallest absolute Gasteiger partial charge is 0.338 e. The summed E-state index contributed by atoms with van der Waals surface area (Å²) in [4.78, 5) is 35.5. The first-order chi connectivity index (χ1) is 14.8. The van der Waals surface area contributed by atoms with Crippen LogP contribution in [0.2, 0.25) is 0 Å². The maximum Gasteiger partial charge on any atom is 0.338 e. The Morgan fingerprint density at radius 3 is 2.26 bits per heavy atom. The molecule has 0 saturated heterocycles. The third-order valence-electron chi connectivity index (χ3n) is 4.46. The van der Waals surface area contributed by atoms with E-state index in [0.29, 0.717) is 30.9 Å². The second-order valence-electron chi connectivity index (χ2n) is 6.92. The molecule has 8 nitrogen and oxygen atoms in total. The molecule has 2 aromatic rings. The third kappa shape index (κ3) is 7.42. The molecule has 0 spiro atoms. The molecule has 0 aliphatic carbocycles. The Balaban J connectivity index is 1.90. The minimum absolute atomic E-state index is 0.0650. The normalized spacial score (nSPS) is 12.5. The quantitative estimate of drug-likeness (QED) is 0.299. The van der Waals surface area contributed by atoms with Crippen molar-refractivity contribution >= 4 is 17.9 Å². The van der Waals surface area contributed by atoms with Crippen LogP contribution in [-0.2, 0) is 36.9 Å². The van der Waals surface area contributed by atoms with Crippen LogP contribution in [0.15, 0.2) is 54.6 Å². The van der Waals surface area contributed by atoms with Crippen LogP contribution >= 0.6 is 0 Å². The predicted molar refractivity (Wildman–Crippen MR) is 112 cm³/mol. The lowest BCUT2D eigenvalue weighted by Gasteiger charge is -2.23. The topological polar surface area (TPSA) is 125 Å². The highest BCUT2D eigenvalue weighted by Gasteiger charge is 2.44. The summed E-state index contributed by atoms with van der Waals surface area (Å²) in [6.45, 7) is 2.36. The number of benzene rings is 2. The molecule has 0 amide bonds. The van der Waals surface area contributed by atoms with Crippen molar-refractivity contribution in [3.63, 3.8) is 0 Å². The Labute approximate surface area is 180 Å². The molecule has 31 heavy (non-hydrogen) atoms. The van der Waals surface area contributed by atoms with Gasteiger partial charge >= 0.3 is 17.9 Å². The van der Waals surface area contributed by atoms with E-state index in [2.05, 4.69) is 0 Å². The van der Waals surface area contributed by atoms with Gasteiger partial charge in [0, 0.05) is 12.8 Å². The zero-order valence-corrected chi connectivity index (χ0v) is 17.4. The Kier molecular flexibility index (Phi) is 9.02. The van der Waals surface area contributed by atoms with Gasteiger partial charge in [-0.25, -0.2) is 9.59 Å². The summed E-state index contributed by atoms with van der Waals surface area (Å²) >= 11 is 0. The van der Waals surface area contributed by atoms with E-state index in [1.807, 2.05) is 6.07 Å². The molecule has 2 aromatic carbocycles. The van der Waals surface area contributed by atoms with Gasteiger partial charge in [-0.1, -0.05) is 42.5 Å². The molecule has 0 bridgehead atoms. The first kappa shape index (κ1) is 23.9. The highest BCUT2D eigenvalue weighted by molar-refractivity contribution is 6.04. The highest BCUT2D eigenvalue weighted by Crippen LogP contribution is 2.19. The fourth-order valence-corrected chi connectivity index (χ4v) is 2.75. The molecule has 0 aromatic heterocycles. The average Bonchev–Trinajstić information content (AvgIpc) is 2.77. The number of aliphatic carboxylic acids is 1. The molecule has 3 N–H and O–H groups in total. The van der Waals surface area contributed by atoms with Crippen LogP contribution < -0.4 is 10.5 Å². The SMILES string of the molecule is CCOC(=O)CCCOc1ccc(CC(N)(C(=O)O)C(=O)OCc2ccccc2)cc1. The van der Waals surface area contributed by atoms with E-state index in [4.69, 9.17) is 19.9 Å². The van der Waals surface area contributed by atoms with Crippen molar-refractivity contribution in [1.82, 2.24) is 0 Å². The molecule has 166 valence electrons. The molecule has 2 rings (SSSR count). The fourth-order valence-electron chi connectivity index (χ4n) is 2.75. The fraction of sp³-hybridized carbons (Fsp3) is 0.348. The van der Waals surface area contributed by atoms with E-state index in [-0.39, 0.29) is 25.4 Å². The maximum absolute atomic E-state index is 12.4. The van der Waals surface area contributed by atoms with E-state index >= 15 is 0 Å². The van der Waals surface area contributed by atoms with Crippen molar-refractivity contribution in [2.45, 2.75) is 38.3 Å². The Morgan fingerprint density at radius 1 is 0.968 bits per heavy atom. The second kappa shape index (κ2) is 11.7. The minimum Gasteiger partial charge on any atom is -0.494 e. The number of hydrogen-bond acceptors (Lipinski definition) is 7. The number of carboxylic acids is 1. The van der Waals surface area contributed by atoms with Crippen LogP contribution in [0.3, 0.4) is 0 Å². The van der Waals surface area contributed by atoms with E-state index < -0.39 is 17.5 Å². The van der Waals surface area contributed by atoms with Crippen molar-refractivity contribution in [2.24, 2.45) is 5.73 Å². The Morgan fingerprint density at radius 2 is 1.65 bits per heavy atom. The first-order valence-corrected chi connectivity index (χ1v) is 9.96. The zero-order valence-electron chi connectivity index (χ0n) is 17.4. The monoisotopic (exact) mass is 429 g/mol. The lowest BCUT2D eigenvalue weighted by molar-refractivity contribution is -0.162. The molecule has 0 saturated carbocycles. The van der Waals surface area contributed by atoms with Gasteiger partial charge in [-0.05, 0) is 36.6 Å². The Bertz CT molecular complexity index is 867. The molecule has 0 aliphatic heterocycles. The molecule has 0 radical (unpaired) electrons. The number of ether oxygens (including phenoxy) is 3. The van der Waals surface area contributed by atoms with Crippen LogP contribution in [0.1, 0.15) is 30.9 Å². The lowest BCUT2D eigenvalue weighted by atomic mass is 9.92. The molecule has 0 heterocycles. The number of rotatable bonds is 12. The highest BCUT2D eigenvalue weighted by atomic mass is 16.5. The number of carboxylic acid groups (broad SMARTS) is 1.